The number of nitrogens with one attached hydrogen (secondary N) is 1. The first-order chi connectivity index (χ1) is 6.82. The first-order valence-corrected chi connectivity index (χ1v) is 6.05. The summed E-state index contributed by atoms with van der Waals surface area (Å²) >= 11 is 0. The Morgan fingerprint density at radius 2 is 1.93 bits per heavy atom. The largest absolute Gasteiger partial charge is 0.396 e. The topological polar surface area (TPSA) is 98.2 Å². The molecule has 0 aliphatic rings. The highest BCUT2D eigenvalue weighted by molar-refractivity contribution is 7.89. The van der Waals surface area contributed by atoms with Crippen LogP contribution in [0.25, 0.3) is 0 Å². The average Bonchev–Trinajstić information content (AvgIpc) is 2.05. The second-order valence-corrected chi connectivity index (χ2v) is 5.09. The van der Waals surface area contributed by atoms with E-state index in [1.165, 1.54) is 6.07 Å². The summed E-state index contributed by atoms with van der Waals surface area (Å²) in [7, 11) is -3.76. The molecule has 15 heavy (non-hydrogen) atoms. The predicted octanol–water partition coefficient (Wildman–Crippen LogP) is 0.737. The molecule has 0 amide bonds. The van der Waals surface area contributed by atoms with Crippen molar-refractivity contribution in [2.45, 2.75) is 24.8 Å². The molecule has 0 heterocycles. The Hall–Kier alpha value is -1.27. The molecule has 84 valence electrons. The van der Waals surface area contributed by atoms with E-state index in [2.05, 4.69) is 5.32 Å². The van der Waals surface area contributed by atoms with Gasteiger partial charge in [0, 0.05) is 6.04 Å². The highest BCUT2D eigenvalue weighted by Gasteiger charge is 2.14. The summed E-state index contributed by atoms with van der Waals surface area (Å²) in [6.45, 7) is 3.87. The van der Waals surface area contributed by atoms with Crippen LogP contribution in [0.2, 0.25) is 0 Å². The fourth-order valence-corrected chi connectivity index (χ4v) is 1.91. The fourth-order valence-electron chi connectivity index (χ4n) is 1.23. The van der Waals surface area contributed by atoms with E-state index in [1.807, 2.05) is 13.8 Å². The molecule has 0 unspecified atom stereocenters. The average molecular weight is 229 g/mol. The van der Waals surface area contributed by atoms with Crippen molar-refractivity contribution in [2.75, 3.05) is 11.1 Å². The molecule has 0 aliphatic heterocycles. The molecule has 0 aliphatic carbocycles. The zero-order valence-corrected chi connectivity index (χ0v) is 9.51. The second kappa shape index (κ2) is 4.08. The van der Waals surface area contributed by atoms with Crippen LogP contribution < -0.4 is 16.2 Å². The number of nitrogens with two attached hydrogens (primary N) is 2. The number of sulfonamides is 1. The van der Waals surface area contributed by atoms with Crippen molar-refractivity contribution in [3.63, 3.8) is 0 Å². The van der Waals surface area contributed by atoms with Gasteiger partial charge in [-0.15, -0.1) is 0 Å². The van der Waals surface area contributed by atoms with Crippen molar-refractivity contribution in [1.82, 2.24) is 0 Å². The summed E-state index contributed by atoms with van der Waals surface area (Å²) in [5.41, 5.74) is 6.44. The van der Waals surface area contributed by atoms with Crippen molar-refractivity contribution in [3.05, 3.63) is 18.2 Å². The molecular weight excluding hydrogens is 214 g/mol. The maximum absolute atomic E-state index is 11.2. The van der Waals surface area contributed by atoms with Gasteiger partial charge in [0.25, 0.3) is 0 Å². The van der Waals surface area contributed by atoms with Crippen molar-refractivity contribution >= 4 is 21.4 Å². The normalized spacial score (nSPS) is 11.7. The van der Waals surface area contributed by atoms with E-state index in [1.54, 1.807) is 12.1 Å². The first-order valence-electron chi connectivity index (χ1n) is 4.50. The van der Waals surface area contributed by atoms with E-state index >= 15 is 0 Å². The molecule has 0 aromatic heterocycles. The smallest absolute Gasteiger partial charge is 0.240 e. The van der Waals surface area contributed by atoms with Crippen LogP contribution in [0.5, 0.6) is 0 Å². The number of anilines is 2. The summed E-state index contributed by atoms with van der Waals surface area (Å²) < 4.78 is 22.3. The molecule has 0 saturated heterocycles. The zero-order chi connectivity index (χ0) is 11.6. The van der Waals surface area contributed by atoms with Gasteiger partial charge in [0.15, 0.2) is 0 Å². The van der Waals surface area contributed by atoms with Crippen LogP contribution in [0.4, 0.5) is 11.4 Å². The Balaban J connectivity index is 3.24. The molecular formula is C9H15N3O2S. The third kappa shape index (κ3) is 2.84. The van der Waals surface area contributed by atoms with Gasteiger partial charge in [0.2, 0.25) is 10.0 Å². The lowest BCUT2D eigenvalue weighted by Crippen LogP contribution is -2.17. The minimum Gasteiger partial charge on any atom is -0.396 e. The molecule has 1 rings (SSSR count). The van der Waals surface area contributed by atoms with E-state index in [4.69, 9.17) is 10.9 Å². The number of primary sulfonamides is 1. The van der Waals surface area contributed by atoms with E-state index in [-0.39, 0.29) is 16.6 Å². The van der Waals surface area contributed by atoms with Crippen molar-refractivity contribution < 1.29 is 8.42 Å². The lowest BCUT2D eigenvalue weighted by atomic mass is 10.2. The SMILES string of the molecule is CC(C)Nc1cccc(S(N)(=O)=O)c1N. The number of nitrogen functional groups attached to an aromatic ring is 1. The molecule has 0 radical (unpaired) electrons. The molecule has 1 aromatic carbocycles. The van der Waals surface area contributed by atoms with Crippen LogP contribution >= 0.6 is 0 Å². The highest BCUT2D eigenvalue weighted by atomic mass is 32.2. The third-order valence-electron chi connectivity index (χ3n) is 1.82. The summed E-state index contributed by atoms with van der Waals surface area (Å²) in [6, 6.07) is 4.86. The van der Waals surface area contributed by atoms with Crippen LogP contribution in [0.1, 0.15) is 13.8 Å². The maximum atomic E-state index is 11.2. The van der Waals surface area contributed by atoms with Crippen LogP contribution in [-0.4, -0.2) is 14.5 Å². The molecule has 0 spiro atoms. The van der Waals surface area contributed by atoms with E-state index in [0.29, 0.717) is 5.69 Å². The highest BCUT2D eigenvalue weighted by Crippen LogP contribution is 2.25. The minimum absolute atomic E-state index is 0.0480. The van der Waals surface area contributed by atoms with Gasteiger partial charge in [-0.05, 0) is 26.0 Å². The lowest BCUT2D eigenvalue weighted by Gasteiger charge is -2.14. The minimum atomic E-state index is -3.76. The zero-order valence-electron chi connectivity index (χ0n) is 8.69. The van der Waals surface area contributed by atoms with Gasteiger partial charge < -0.3 is 11.1 Å². The molecule has 0 fully saturated rings. The number of para-hydroxylation sites is 1. The van der Waals surface area contributed by atoms with Crippen molar-refractivity contribution in [3.8, 4) is 0 Å². The number of hydrogen-bond donors (Lipinski definition) is 3. The molecule has 1 aromatic rings. The van der Waals surface area contributed by atoms with Crippen LogP contribution in [-0.2, 0) is 10.0 Å². The number of hydrogen-bond acceptors (Lipinski definition) is 4. The first kappa shape index (κ1) is 11.8. The van der Waals surface area contributed by atoms with Gasteiger partial charge >= 0.3 is 0 Å². The molecule has 6 heteroatoms. The summed E-state index contributed by atoms with van der Waals surface area (Å²) in [6.07, 6.45) is 0. The van der Waals surface area contributed by atoms with Crippen molar-refractivity contribution in [2.24, 2.45) is 5.14 Å². The van der Waals surface area contributed by atoms with Crippen LogP contribution in [0.15, 0.2) is 23.1 Å². The predicted molar refractivity (Wildman–Crippen MR) is 61.0 cm³/mol. The van der Waals surface area contributed by atoms with E-state index < -0.39 is 10.0 Å². The van der Waals surface area contributed by atoms with Gasteiger partial charge in [-0.3, -0.25) is 0 Å². The third-order valence-corrected chi connectivity index (χ3v) is 2.79. The van der Waals surface area contributed by atoms with Crippen molar-refractivity contribution in [1.29, 1.82) is 0 Å². The molecule has 0 bridgehead atoms. The summed E-state index contributed by atoms with van der Waals surface area (Å²) in [4.78, 5) is -0.0480. The Morgan fingerprint density at radius 3 is 2.40 bits per heavy atom. The molecule has 5 N–H and O–H groups in total. The Morgan fingerprint density at radius 1 is 1.33 bits per heavy atom. The van der Waals surface area contributed by atoms with E-state index in [0.717, 1.165) is 0 Å². The molecule has 5 nitrogen and oxygen atoms in total. The number of rotatable bonds is 3. The number of benzene rings is 1. The van der Waals surface area contributed by atoms with E-state index in [9.17, 15) is 8.42 Å². The second-order valence-electron chi connectivity index (χ2n) is 3.56. The van der Waals surface area contributed by atoms with Crippen LogP contribution in [0.3, 0.4) is 0 Å². The standard InChI is InChI=1S/C9H15N3O2S/c1-6(2)12-7-4-3-5-8(9(7)10)15(11,13)14/h3-6,12H,10H2,1-2H3,(H2,11,13,14). The Kier molecular flexibility index (Phi) is 3.21. The van der Waals surface area contributed by atoms with Gasteiger partial charge in [0.05, 0.1) is 11.4 Å². The summed E-state index contributed by atoms with van der Waals surface area (Å²) in [5, 5.41) is 8.06. The maximum Gasteiger partial charge on any atom is 0.240 e. The van der Waals surface area contributed by atoms with Gasteiger partial charge in [-0.25, -0.2) is 13.6 Å². The quantitative estimate of drug-likeness (QED) is 0.666. The van der Waals surface area contributed by atoms with Gasteiger partial charge in [-0.2, -0.15) is 0 Å². The Labute approximate surface area is 89.5 Å². The monoisotopic (exact) mass is 229 g/mol. The summed E-state index contributed by atoms with van der Waals surface area (Å²) in [5.74, 6) is 0. The lowest BCUT2D eigenvalue weighted by molar-refractivity contribution is 0.598. The van der Waals surface area contributed by atoms with Crippen LogP contribution in [0, 0.1) is 0 Å². The van der Waals surface area contributed by atoms with Gasteiger partial charge in [-0.1, -0.05) is 6.07 Å². The fraction of sp³-hybridized carbons (Fsp3) is 0.333. The van der Waals surface area contributed by atoms with Gasteiger partial charge in [0.1, 0.15) is 4.90 Å². The molecule has 0 saturated carbocycles. The Bertz CT molecular complexity index is 454. The molecule has 0 atom stereocenters.